The number of hydrogen-bond donors (Lipinski definition) is 7. The number of carbonyl (C=O) groups is 4. The first-order valence-electron chi connectivity index (χ1n) is 8.68. The lowest BCUT2D eigenvalue weighted by Crippen LogP contribution is -2.59. The SMILES string of the molecule is CC[C@H](NC(=O)[C@H](CCCNC(=N)N)NC(=O)C(C)(C)NC(C)=O)C(N)=O. The van der Waals surface area contributed by atoms with Crippen LogP contribution in [0.4, 0.5) is 0 Å². The van der Waals surface area contributed by atoms with Crippen LogP contribution >= 0.6 is 0 Å². The smallest absolute Gasteiger partial charge is 0.245 e. The predicted molar refractivity (Wildman–Crippen MR) is 100 cm³/mol. The molecule has 0 bridgehead atoms. The van der Waals surface area contributed by atoms with Crippen LogP contribution in [0.15, 0.2) is 0 Å². The minimum absolute atomic E-state index is 0.202. The number of nitrogens with two attached hydrogens (primary N) is 2. The standard InChI is InChI=1S/C16H31N7O4/c1-5-10(12(17)25)21-13(26)11(7-6-8-20-15(18)19)22-14(27)16(3,4)23-9(2)24/h10-11H,5-8H2,1-4H3,(H2,17,25)(H,21,26)(H,22,27)(H,23,24)(H4,18,19,20)/t10-,11-/m0/s1. The molecule has 0 aliphatic carbocycles. The van der Waals surface area contributed by atoms with Gasteiger partial charge >= 0.3 is 0 Å². The monoisotopic (exact) mass is 385 g/mol. The number of carbonyl (C=O) groups excluding carboxylic acids is 4. The molecule has 0 saturated heterocycles. The van der Waals surface area contributed by atoms with Gasteiger partial charge in [0.1, 0.15) is 17.6 Å². The normalized spacial score (nSPS) is 13.0. The van der Waals surface area contributed by atoms with Crippen molar-refractivity contribution < 1.29 is 19.2 Å². The highest BCUT2D eigenvalue weighted by Gasteiger charge is 2.32. The van der Waals surface area contributed by atoms with Gasteiger partial charge in [-0.3, -0.25) is 24.6 Å². The van der Waals surface area contributed by atoms with Gasteiger partial charge < -0.3 is 32.7 Å². The van der Waals surface area contributed by atoms with Crippen molar-refractivity contribution >= 4 is 29.6 Å². The zero-order valence-corrected chi connectivity index (χ0v) is 16.3. The first-order chi connectivity index (χ1) is 12.4. The van der Waals surface area contributed by atoms with Crippen molar-refractivity contribution in [3.05, 3.63) is 0 Å². The minimum atomic E-state index is -1.23. The molecule has 4 amide bonds. The van der Waals surface area contributed by atoms with Gasteiger partial charge in [-0.1, -0.05) is 6.92 Å². The summed E-state index contributed by atoms with van der Waals surface area (Å²) in [5.74, 6) is -2.37. The number of rotatable bonds is 11. The molecule has 0 fully saturated rings. The summed E-state index contributed by atoms with van der Waals surface area (Å²) in [5, 5.41) is 17.3. The summed E-state index contributed by atoms with van der Waals surface area (Å²) < 4.78 is 0. The van der Waals surface area contributed by atoms with Gasteiger partial charge in [0, 0.05) is 13.5 Å². The minimum Gasteiger partial charge on any atom is -0.370 e. The number of nitrogens with one attached hydrogen (secondary N) is 5. The van der Waals surface area contributed by atoms with Gasteiger partial charge in [-0.25, -0.2) is 0 Å². The zero-order valence-electron chi connectivity index (χ0n) is 16.3. The molecule has 0 spiro atoms. The Hall–Kier alpha value is -2.85. The number of amides is 4. The molecule has 9 N–H and O–H groups in total. The predicted octanol–water partition coefficient (Wildman–Crippen LogP) is -1.97. The van der Waals surface area contributed by atoms with Gasteiger partial charge in [-0.05, 0) is 33.1 Å². The quantitative estimate of drug-likeness (QED) is 0.122. The highest BCUT2D eigenvalue weighted by molar-refractivity contribution is 5.95. The summed E-state index contributed by atoms with van der Waals surface area (Å²) in [5.41, 5.74) is 9.22. The Labute approximate surface area is 158 Å². The van der Waals surface area contributed by atoms with Crippen LogP contribution in [-0.4, -0.2) is 53.8 Å². The van der Waals surface area contributed by atoms with Crippen LogP contribution in [-0.2, 0) is 19.2 Å². The van der Waals surface area contributed by atoms with Crippen LogP contribution in [0, 0.1) is 5.41 Å². The van der Waals surface area contributed by atoms with E-state index in [1.54, 1.807) is 6.92 Å². The molecule has 0 aromatic carbocycles. The van der Waals surface area contributed by atoms with E-state index in [-0.39, 0.29) is 18.3 Å². The molecule has 0 heterocycles. The summed E-state index contributed by atoms with van der Waals surface area (Å²) in [6.45, 7) is 6.32. The van der Waals surface area contributed by atoms with Crippen LogP contribution < -0.4 is 32.7 Å². The Kier molecular flexibility index (Phi) is 9.83. The van der Waals surface area contributed by atoms with Crippen molar-refractivity contribution in [1.29, 1.82) is 5.41 Å². The molecule has 154 valence electrons. The largest absolute Gasteiger partial charge is 0.370 e. The number of primary amides is 1. The van der Waals surface area contributed by atoms with Crippen LogP contribution in [0.5, 0.6) is 0 Å². The molecule has 11 nitrogen and oxygen atoms in total. The third kappa shape index (κ3) is 9.42. The third-order valence-electron chi connectivity index (χ3n) is 3.73. The molecule has 0 unspecified atom stereocenters. The Morgan fingerprint density at radius 3 is 2.11 bits per heavy atom. The first kappa shape index (κ1) is 24.1. The summed E-state index contributed by atoms with van der Waals surface area (Å²) in [4.78, 5) is 47.6. The van der Waals surface area contributed by atoms with Crippen LogP contribution in [0.1, 0.15) is 47.0 Å². The maximum atomic E-state index is 12.5. The molecule has 0 aliphatic heterocycles. The maximum absolute atomic E-state index is 12.5. The molecule has 0 aliphatic rings. The van der Waals surface area contributed by atoms with E-state index in [0.29, 0.717) is 19.4 Å². The maximum Gasteiger partial charge on any atom is 0.245 e. The fraction of sp³-hybridized carbons (Fsp3) is 0.688. The zero-order chi connectivity index (χ0) is 21.2. The second-order valence-corrected chi connectivity index (χ2v) is 6.69. The lowest BCUT2D eigenvalue weighted by atomic mass is 10.0. The molecular formula is C16H31N7O4. The van der Waals surface area contributed by atoms with Crippen molar-refractivity contribution in [2.24, 2.45) is 11.5 Å². The van der Waals surface area contributed by atoms with Gasteiger partial charge in [0.25, 0.3) is 0 Å². The Morgan fingerprint density at radius 1 is 1.07 bits per heavy atom. The summed E-state index contributed by atoms with van der Waals surface area (Å²) in [6, 6.07) is -1.80. The summed E-state index contributed by atoms with van der Waals surface area (Å²) >= 11 is 0. The molecule has 0 aromatic heterocycles. The Morgan fingerprint density at radius 2 is 1.67 bits per heavy atom. The van der Waals surface area contributed by atoms with E-state index in [9.17, 15) is 19.2 Å². The highest BCUT2D eigenvalue weighted by Crippen LogP contribution is 2.06. The molecule has 0 saturated carbocycles. The molecule has 0 aromatic rings. The van der Waals surface area contributed by atoms with Crippen molar-refractivity contribution in [3.63, 3.8) is 0 Å². The fourth-order valence-electron chi connectivity index (χ4n) is 2.28. The van der Waals surface area contributed by atoms with Gasteiger partial charge in [-0.15, -0.1) is 0 Å². The average molecular weight is 385 g/mol. The van der Waals surface area contributed by atoms with E-state index in [2.05, 4.69) is 21.3 Å². The summed E-state index contributed by atoms with van der Waals surface area (Å²) in [7, 11) is 0. The first-order valence-corrected chi connectivity index (χ1v) is 8.68. The Balaban J connectivity index is 5.13. The second kappa shape index (κ2) is 11.0. The lowest BCUT2D eigenvalue weighted by Gasteiger charge is -2.28. The Bertz CT molecular complexity index is 577. The molecule has 0 radical (unpaired) electrons. The van der Waals surface area contributed by atoms with Gasteiger partial charge in [0.05, 0.1) is 0 Å². The summed E-state index contributed by atoms with van der Waals surface area (Å²) in [6.07, 6.45) is 0.958. The van der Waals surface area contributed by atoms with Crippen molar-refractivity contribution in [2.75, 3.05) is 6.54 Å². The molecule has 27 heavy (non-hydrogen) atoms. The van der Waals surface area contributed by atoms with Crippen molar-refractivity contribution in [3.8, 4) is 0 Å². The van der Waals surface area contributed by atoms with E-state index >= 15 is 0 Å². The number of hydrogen-bond acceptors (Lipinski definition) is 5. The second-order valence-electron chi connectivity index (χ2n) is 6.69. The third-order valence-corrected chi connectivity index (χ3v) is 3.73. The van der Waals surface area contributed by atoms with E-state index in [1.807, 2.05) is 0 Å². The molecular weight excluding hydrogens is 354 g/mol. The molecule has 0 rings (SSSR count). The van der Waals surface area contributed by atoms with Crippen LogP contribution in [0.25, 0.3) is 0 Å². The molecule has 2 atom stereocenters. The average Bonchev–Trinajstić information content (AvgIpc) is 2.53. The topological polar surface area (TPSA) is 192 Å². The van der Waals surface area contributed by atoms with E-state index in [4.69, 9.17) is 16.9 Å². The van der Waals surface area contributed by atoms with Gasteiger partial charge in [0.15, 0.2) is 5.96 Å². The highest BCUT2D eigenvalue weighted by atomic mass is 16.2. The number of guanidine groups is 1. The van der Waals surface area contributed by atoms with Crippen molar-refractivity contribution in [1.82, 2.24) is 21.3 Å². The lowest BCUT2D eigenvalue weighted by molar-refractivity contribution is -0.135. The van der Waals surface area contributed by atoms with Gasteiger partial charge in [-0.2, -0.15) is 0 Å². The van der Waals surface area contributed by atoms with Crippen LogP contribution in [0.3, 0.4) is 0 Å². The van der Waals surface area contributed by atoms with Crippen LogP contribution in [0.2, 0.25) is 0 Å². The van der Waals surface area contributed by atoms with E-state index in [0.717, 1.165) is 0 Å². The van der Waals surface area contributed by atoms with Crippen molar-refractivity contribution in [2.45, 2.75) is 64.6 Å². The van der Waals surface area contributed by atoms with Gasteiger partial charge in [0.2, 0.25) is 23.6 Å². The molecule has 11 heteroatoms. The fourth-order valence-corrected chi connectivity index (χ4v) is 2.28. The van der Waals surface area contributed by atoms with E-state index in [1.165, 1.54) is 20.8 Å². The van der Waals surface area contributed by atoms with E-state index < -0.39 is 35.3 Å².